The first-order valence-corrected chi connectivity index (χ1v) is 6.99. The van der Waals surface area contributed by atoms with Crippen molar-refractivity contribution in [3.8, 4) is 0 Å². The number of rotatable bonds is 4. The molecule has 6 heteroatoms. The van der Waals surface area contributed by atoms with Gasteiger partial charge in [0, 0.05) is 31.2 Å². The zero-order chi connectivity index (χ0) is 13.4. The third-order valence-corrected chi connectivity index (χ3v) is 4.09. The Bertz CT molecular complexity index is 462. The van der Waals surface area contributed by atoms with E-state index in [1.807, 2.05) is 13.1 Å². The lowest BCUT2D eigenvalue weighted by atomic mass is 10.3. The highest BCUT2D eigenvalue weighted by Gasteiger charge is 2.33. The van der Waals surface area contributed by atoms with Crippen LogP contribution >= 0.6 is 0 Å². The van der Waals surface area contributed by atoms with E-state index in [2.05, 4.69) is 32.4 Å². The summed E-state index contributed by atoms with van der Waals surface area (Å²) in [5, 5.41) is 6.73. The van der Waals surface area contributed by atoms with Crippen LogP contribution < -0.4 is 21.3 Å². The Labute approximate surface area is 113 Å². The summed E-state index contributed by atoms with van der Waals surface area (Å²) in [5.74, 6) is 2.87. The van der Waals surface area contributed by atoms with Gasteiger partial charge < -0.3 is 21.3 Å². The molecule has 3 rings (SSSR count). The number of likely N-dealkylation sites (N-methyl/N-ethyl adjacent to an activating group) is 1. The van der Waals surface area contributed by atoms with Crippen molar-refractivity contribution in [1.82, 2.24) is 15.3 Å². The molecule has 2 heterocycles. The van der Waals surface area contributed by atoms with E-state index < -0.39 is 0 Å². The maximum Gasteiger partial charge on any atom is 0.223 e. The van der Waals surface area contributed by atoms with Gasteiger partial charge in [-0.25, -0.2) is 0 Å². The number of nitrogen functional groups attached to an aromatic ring is 1. The van der Waals surface area contributed by atoms with Crippen LogP contribution in [0.3, 0.4) is 0 Å². The van der Waals surface area contributed by atoms with E-state index in [0.717, 1.165) is 37.1 Å². The SMILES string of the molecule is CN[C@@H]1CCN(c2cc(NC3CC3C)nc(N)n2)C1. The van der Waals surface area contributed by atoms with Gasteiger partial charge in [0.25, 0.3) is 0 Å². The topological polar surface area (TPSA) is 79.1 Å². The van der Waals surface area contributed by atoms with E-state index in [4.69, 9.17) is 5.73 Å². The number of hydrogen-bond acceptors (Lipinski definition) is 6. The Balaban J connectivity index is 1.74. The number of aromatic nitrogens is 2. The van der Waals surface area contributed by atoms with E-state index in [-0.39, 0.29) is 0 Å². The predicted molar refractivity (Wildman–Crippen MR) is 77.3 cm³/mol. The first-order valence-electron chi connectivity index (χ1n) is 6.99. The van der Waals surface area contributed by atoms with Crippen molar-refractivity contribution in [2.45, 2.75) is 31.8 Å². The molecule has 2 aliphatic rings. The van der Waals surface area contributed by atoms with Gasteiger partial charge in [-0.2, -0.15) is 9.97 Å². The van der Waals surface area contributed by atoms with E-state index in [1.54, 1.807) is 0 Å². The lowest BCUT2D eigenvalue weighted by Crippen LogP contribution is -2.30. The summed E-state index contributed by atoms with van der Waals surface area (Å²) in [7, 11) is 2.00. The molecule has 1 saturated carbocycles. The molecule has 2 fully saturated rings. The van der Waals surface area contributed by atoms with Gasteiger partial charge in [-0.3, -0.25) is 0 Å². The fourth-order valence-electron chi connectivity index (χ4n) is 2.61. The van der Waals surface area contributed by atoms with Crippen LogP contribution in [-0.2, 0) is 0 Å². The Kier molecular flexibility index (Phi) is 3.18. The van der Waals surface area contributed by atoms with Crippen molar-refractivity contribution < 1.29 is 0 Å². The van der Waals surface area contributed by atoms with Gasteiger partial charge in [-0.05, 0) is 25.8 Å². The number of nitrogens with one attached hydrogen (secondary N) is 2. The monoisotopic (exact) mass is 262 g/mol. The standard InChI is InChI=1S/C13H22N6/c1-8-5-10(8)16-11-6-12(18-13(14)17-11)19-4-3-9(7-19)15-2/h6,8-10,15H,3-5,7H2,1-2H3,(H3,14,16,17,18)/t8?,9-,10?/m1/s1. The lowest BCUT2D eigenvalue weighted by molar-refractivity contribution is 0.616. The summed E-state index contributed by atoms with van der Waals surface area (Å²) < 4.78 is 0. The molecule has 4 N–H and O–H groups in total. The first-order chi connectivity index (χ1) is 9.15. The normalized spacial score (nSPS) is 29.6. The smallest absolute Gasteiger partial charge is 0.223 e. The van der Waals surface area contributed by atoms with Gasteiger partial charge in [-0.15, -0.1) is 0 Å². The summed E-state index contributed by atoms with van der Waals surface area (Å²) in [6.07, 6.45) is 2.35. The fourth-order valence-corrected chi connectivity index (χ4v) is 2.61. The van der Waals surface area contributed by atoms with Crippen LogP contribution in [0.25, 0.3) is 0 Å². The van der Waals surface area contributed by atoms with Gasteiger partial charge in [0.15, 0.2) is 0 Å². The Morgan fingerprint density at radius 1 is 1.42 bits per heavy atom. The van der Waals surface area contributed by atoms with Crippen molar-refractivity contribution in [3.63, 3.8) is 0 Å². The summed E-state index contributed by atoms with van der Waals surface area (Å²) in [5.41, 5.74) is 5.82. The molecule has 0 aromatic carbocycles. The molecule has 1 saturated heterocycles. The molecule has 104 valence electrons. The van der Waals surface area contributed by atoms with Crippen LogP contribution in [0.15, 0.2) is 6.07 Å². The van der Waals surface area contributed by atoms with Crippen LogP contribution in [0.5, 0.6) is 0 Å². The Morgan fingerprint density at radius 2 is 2.21 bits per heavy atom. The van der Waals surface area contributed by atoms with Crippen molar-refractivity contribution in [2.75, 3.05) is 36.1 Å². The number of anilines is 3. The number of nitrogens with two attached hydrogens (primary N) is 1. The summed E-state index contributed by atoms with van der Waals surface area (Å²) >= 11 is 0. The van der Waals surface area contributed by atoms with Gasteiger partial charge in [-0.1, -0.05) is 6.92 Å². The molecular weight excluding hydrogens is 240 g/mol. The van der Waals surface area contributed by atoms with Crippen molar-refractivity contribution in [2.24, 2.45) is 5.92 Å². The zero-order valence-electron chi connectivity index (χ0n) is 11.6. The van der Waals surface area contributed by atoms with Crippen LogP contribution in [-0.4, -0.2) is 42.2 Å². The zero-order valence-corrected chi connectivity index (χ0v) is 11.6. The van der Waals surface area contributed by atoms with E-state index >= 15 is 0 Å². The summed E-state index contributed by atoms with van der Waals surface area (Å²) in [6.45, 7) is 4.23. The maximum absolute atomic E-state index is 5.82. The Hall–Kier alpha value is -1.56. The minimum absolute atomic E-state index is 0.348. The second-order valence-corrected chi connectivity index (χ2v) is 5.65. The molecule has 0 amide bonds. The molecule has 0 radical (unpaired) electrons. The molecule has 1 aliphatic heterocycles. The van der Waals surface area contributed by atoms with E-state index in [1.165, 1.54) is 6.42 Å². The molecule has 3 atom stereocenters. The third-order valence-electron chi connectivity index (χ3n) is 4.09. The second kappa shape index (κ2) is 4.85. The van der Waals surface area contributed by atoms with Gasteiger partial charge in [0.05, 0.1) is 0 Å². The molecule has 0 spiro atoms. The minimum Gasteiger partial charge on any atom is -0.368 e. The van der Waals surface area contributed by atoms with Crippen LogP contribution in [0, 0.1) is 5.92 Å². The van der Waals surface area contributed by atoms with Gasteiger partial charge in [0.2, 0.25) is 5.95 Å². The summed E-state index contributed by atoms with van der Waals surface area (Å²) in [4.78, 5) is 10.9. The molecule has 19 heavy (non-hydrogen) atoms. The molecular formula is C13H22N6. The summed E-state index contributed by atoms with van der Waals surface area (Å²) in [6, 6.07) is 3.10. The molecule has 2 unspecified atom stereocenters. The number of nitrogens with zero attached hydrogens (tertiary/aromatic N) is 3. The average Bonchev–Trinajstić information content (AvgIpc) is 2.92. The fraction of sp³-hybridized carbons (Fsp3) is 0.692. The minimum atomic E-state index is 0.348. The largest absolute Gasteiger partial charge is 0.368 e. The van der Waals surface area contributed by atoms with Crippen molar-refractivity contribution in [3.05, 3.63) is 6.07 Å². The highest BCUT2D eigenvalue weighted by atomic mass is 15.3. The molecule has 0 bridgehead atoms. The quantitative estimate of drug-likeness (QED) is 0.740. The Morgan fingerprint density at radius 3 is 2.84 bits per heavy atom. The highest BCUT2D eigenvalue weighted by molar-refractivity contribution is 5.54. The average molecular weight is 262 g/mol. The molecule has 6 nitrogen and oxygen atoms in total. The van der Waals surface area contributed by atoms with Gasteiger partial charge >= 0.3 is 0 Å². The molecule has 1 aliphatic carbocycles. The maximum atomic E-state index is 5.82. The third kappa shape index (κ3) is 2.73. The van der Waals surface area contributed by atoms with Crippen molar-refractivity contribution in [1.29, 1.82) is 0 Å². The molecule has 1 aromatic rings. The predicted octanol–water partition coefficient (Wildman–Crippen LogP) is 0.677. The number of hydrogen-bond donors (Lipinski definition) is 3. The second-order valence-electron chi connectivity index (χ2n) is 5.65. The van der Waals surface area contributed by atoms with Crippen molar-refractivity contribution >= 4 is 17.6 Å². The van der Waals surface area contributed by atoms with E-state index in [9.17, 15) is 0 Å². The highest BCUT2D eigenvalue weighted by Crippen LogP contribution is 2.33. The molecule has 1 aromatic heterocycles. The van der Waals surface area contributed by atoms with Gasteiger partial charge in [0.1, 0.15) is 11.6 Å². The van der Waals surface area contributed by atoms with Crippen LogP contribution in [0.2, 0.25) is 0 Å². The van der Waals surface area contributed by atoms with E-state index in [0.29, 0.717) is 18.0 Å². The lowest BCUT2D eigenvalue weighted by Gasteiger charge is -2.18. The first kappa shape index (κ1) is 12.5. The van der Waals surface area contributed by atoms with Crippen LogP contribution in [0.4, 0.5) is 17.6 Å². The van der Waals surface area contributed by atoms with Crippen LogP contribution in [0.1, 0.15) is 19.8 Å².